The highest BCUT2D eigenvalue weighted by Gasteiger charge is 2.25. The normalized spacial score (nSPS) is 11.4. The van der Waals surface area contributed by atoms with Gasteiger partial charge in [0.25, 0.3) is 0 Å². The molecule has 0 radical (unpaired) electrons. The molecule has 100 valence electrons. The summed E-state index contributed by atoms with van der Waals surface area (Å²) in [4.78, 5) is 11.5. The van der Waals surface area contributed by atoms with Gasteiger partial charge in [0.05, 0.1) is 5.41 Å². The van der Waals surface area contributed by atoms with Crippen LogP contribution in [0.2, 0.25) is 0 Å². The van der Waals surface area contributed by atoms with Crippen molar-refractivity contribution < 1.29 is 13.6 Å². The minimum Gasteiger partial charge on any atom is -0.359 e. The molecule has 0 bridgehead atoms. The number of carbonyl (C=O) groups is 1. The molecule has 1 aromatic rings. The van der Waals surface area contributed by atoms with E-state index in [0.717, 1.165) is 6.07 Å². The summed E-state index contributed by atoms with van der Waals surface area (Å²) in [6.45, 7) is 4.25. The molecule has 0 saturated carbocycles. The standard InChI is InChI=1S/C13H18F2N2O/c1-13(2,12(18)16-3)8-17-7-9-4-5-10(14)6-11(9)15/h4-6,17H,7-8H2,1-3H3,(H,16,18). The summed E-state index contributed by atoms with van der Waals surface area (Å²) in [7, 11) is 1.57. The van der Waals surface area contributed by atoms with E-state index in [9.17, 15) is 13.6 Å². The maximum absolute atomic E-state index is 13.3. The quantitative estimate of drug-likeness (QED) is 0.844. The lowest BCUT2D eigenvalue weighted by Crippen LogP contribution is -2.41. The highest BCUT2D eigenvalue weighted by molar-refractivity contribution is 5.81. The number of rotatable bonds is 5. The molecule has 0 unspecified atom stereocenters. The molecule has 1 amide bonds. The predicted octanol–water partition coefficient (Wildman–Crippen LogP) is 1.83. The van der Waals surface area contributed by atoms with Gasteiger partial charge in [0.15, 0.2) is 0 Å². The zero-order chi connectivity index (χ0) is 13.8. The zero-order valence-corrected chi connectivity index (χ0v) is 10.8. The van der Waals surface area contributed by atoms with Crippen molar-refractivity contribution >= 4 is 5.91 Å². The van der Waals surface area contributed by atoms with E-state index in [1.807, 2.05) is 0 Å². The van der Waals surface area contributed by atoms with Crippen LogP contribution >= 0.6 is 0 Å². The van der Waals surface area contributed by atoms with Crippen LogP contribution in [0.4, 0.5) is 8.78 Å². The van der Waals surface area contributed by atoms with Crippen LogP contribution in [0.1, 0.15) is 19.4 Å². The lowest BCUT2D eigenvalue weighted by atomic mass is 9.92. The molecule has 0 saturated heterocycles. The van der Waals surface area contributed by atoms with Gasteiger partial charge in [-0.15, -0.1) is 0 Å². The molecule has 0 aliphatic carbocycles. The minimum atomic E-state index is -0.595. The van der Waals surface area contributed by atoms with Gasteiger partial charge in [-0.2, -0.15) is 0 Å². The van der Waals surface area contributed by atoms with Crippen LogP contribution in [-0.4, -0.2) is 19.5 Å². The summed E-state index contributed by atoms with van der Waals surface area (Å²) in [5.74, 6) is -1.27. The molecule has 3 nitrogen and oxygen atoms in total. The Morgan fingerprint density at radius 1 is 1.33 bits per heavy atom. The molecule has 1 aromatic carbocycles. The third kappa shape index (κ3) is 3.77. The van der Waals surface area contributed by atoms with Gasteiger partial charge in [0.2, 0.25) is 5.91 Å². The van der Waals surface area contributed by atoms with Crippen LogP contribution in [-0.2, 0) is 11.3 Å². The molecule has 1 rings (SSSR count). The molecule has 5 heteroatoms. The molecular weight excluding hydrogens is 238 g/mol. The molecule has 0 atom stereocenters. The fraction of sp³-hybridized carbons (Fsp3) is 0.462. The molecule has 0 aromatic heterocycles. The van der Waals surface area contributed by atoms with Crippen molar-refractivity contribution in [1.29, 1.82) is 0 Å². The lowest BCUT2D eigenvalue weighted by molar-refractivity contribution is -0.128. The summed E-state index contributed by atoms with van der Waals surface area (Å²) < 4.78 is 26.0. The Morgan fingerprint density at radius 3 is 2.56 bits per heavy atom. The maximum atomic E-state index is 13.3. The van der Waals surface area contributed by atoms with Gasteiger partial charge in [-0.05, 0) is 19.9 Å². The smallest absolute Gasteiger partial charge is 0.226 e. The van der Waals surface area contributed by atoms with Crippen molar-refractivity contribution in [3.05, 3.63) is 35.4 Å². The van der Waals surface area contributed by atoms with Crippen LogP contribution in [0.5, 0.6) is 0 Å². The SMILES string of the molecule is CNC(=O)C(C)(C)CNCc1ccc(F)cc1F. The number of nitrogens with one attached hydrogen (secondary N) is 2. The van der Waals surface area contributed by atoms with Crippen molar-refractivity contribution in [1.82, 2.24) is 10.6 Å². The first-order valence-corrected chi connectivity index (χ1v) is 5.73. The van der Waals surface area contributed by atoms with E-state index in [-0.39, 0.29) is 12.5 Å². The molecule has 0 fully saturated rings. The number of hydrogen-bond acceptors (Lipinski definition) is 2. The second kappa shape index (κ2) is 5.91. The highest BCUT2D eigenvalue weighted by atomic mass is 19.1. The molecule has 2 N–H and O–H groups in total. The second-order valence-electron chi connectivity index (χ2n) is 4.80. The zero-order valence-electron chi connectivity index (χ0n) is 10.8. The predicted molar refractivity (Wildman–Crippen MR) is 65.9 cm³/mol. The second-order valence-corrected chi connectivity index (χ2v) is 4.80. The Hall–Kier alpha value is -1.49. The summed E-state index contributed by atoms with van der Waals surface area (Å²) in [6, 6.07) is 3.45. The van der Waals surface area contributed by atoms with E-state index < -0.39 is 17.0 Å². The van der Waals surface area contributed by atoms with Crippen molar-refractivity contribution in [3.63, 3.8) is 0 Å². The van der Waals surface area contributed by atoms with Crippen molar-refractivity contribution in [3.8, 4) is 0 Å². The van der Waals surface area contributed by atoms with Gasteiger partial charge in [-0.3, -0.25) is 4.79 Å². The number of hydrogen-bond donors (Lipinski definition) is 2. The van der Waals surface area contributed by atoms with Crippen molar-refractivity contribution in [2.75, 3.05) is 13.6 Å². The third-order valence-electron chi connectivity index (χ3n) is 2.74. The van der Waals surface area contributed by atoms with Crippen LogP contribution in [0.3, 0.4) is 0 Å². The average molecular weight is 256 g/mol. The minimum absolute atomic E-state index is 0.0884. The van der Waals surface area contributed by atoms with E-state index in [2.05, 4.69) is 10.6 Å². The number of amides is 1. The Bertz CT molecular complexity index is 433. The first kappa shape index (κ1) is 14.6. The van der Waals surface area contributed by atoms with Gasteiger partial charge in [-0.1, -0.05) is 6.07 Å². The summed E-state index contributed by atoms with van der Waals surface area (Å²) in [5, 5.41) is 5.56. The topological polar surface area (TPSA) is 41.1 Å². The van der Waals surface area contributed by atoms with E-state index in [1.54, 1.807) is 20.9 Å². The summed E-state index contributed by atoms with van der Waals surface area (Å²) in [5.41, 5.74) is -0.199. The van der Waals surface area contributed by atoms with Gasteiger partial charge < -0.3 is 10.6 Å². The number of halogens is 2. The first-order valence-electron chi connectivity index (χ1n) is 5.73. The van der Waals surface area contributed by atoms with Crippen LogP contribution < -0.4 is 10.6 Å². The van der Waals surface area contributed by atoms with E-state index in [1.165, 1.54) is 12.1 Å². The molecule has 0 aliphatic rings. The molecule has 0 aliphatic heterocycles. The lowest BCUT2D eigenvalue weighted by Gasteiger charge is -2.23. The fourth-order valence-corrected chi connectivity index (χ4v) is 1.59. The molecule has 0 heterocycles. The van der Waals surface area contributed by atoms with E-state index >= 15 is 0 Å². The first-order chi connectivity index (χ1) is 8.36. The summed E-state index contributed by atoms with van der Waals surface area (Å²) >= 11 is 0. The monoisotopic (exact) mass is 256 g/mol. The van der Waals surface area contributed by atoms with Crippen molar-refractivity contribution in [2.24, 2.45) is 5.41 Å². The van der Waals surface area contributed by atoms with Crippen LogP contribution in [0.25, 0.3) is 0 Å². The molecule has 0 spiro atoms. The number of carbonyl (C=O) groups excluding carboxylic acids is 1. The van der Waals surface area contributed by atoms with Crippen molar-refractivity contribution in [2.45, 2.75) is 20.4 Å². The number of benzene rings is 1. The Morgan fingerprint density at radius 2 is 2.00 bits per heavy atom. The fourth-order valence-electron chi connectivity index (χ4n) is 1.59. The average Bonchev–Trinajstić information content (AvgIpc) is 2.30. The van der Waals surface area contributed by atoms with E-state index in [4.69, 9.17) is 0 Å². The Kier molecular flexibility index (Phi) is 4.78. The van der Waals surface area contributed by atoms with E-state index in [0.29, 0.717) is 12.1 Å². The largest absolute Gasteiger partial charge is 0.359 e. The Balaban J connectivity index is 2.54. The van der Waals surface area contributed by atoms with Crippen LogP contribution in [0, 0.1) is 17.0 Å². The molecule has 18 heavy (non-hydrogen) atoms. The van der Waals surface area contributed by atoms with Gasteiger partial charge in [0.1, 0.15) is 11.6 Å². The van der Waals surface area contributed by atoms with Gasteiger partial charge in [0, 0.05) is 31.8 Å². The third-order valence-corrected chi connectivity index (χ3v) is 2.74. The highest BCUT2D eigenvalue weighted by Crippen LogP contribution is 2.14. The van der Waals surface area contributed by atoms with Gasteiger partial charge in [-0.25, -0.2) is 8.78 Å². The maximum Gasteiger partial charge on any atom is 0.226 e. The Labute approximate surface area is 106 Å². The van der Waals surface area contributed by atoms with Gasteiger partial charge >= 0.3 is 0 Å². The summed E-state index contributed by atoms with van der Waals surface area (Å²) in [6.07, 6.45) is 0. The molecular formula is C13H18F2N2O. The van der Waals surface area contributed by atoms with Crippen LogP contribution in [0.15, 0.2) is 18.2 Å².